The van der Waals surface area contributed by atoms with Crippen molar-refractivity contribution in [3.05, 3.63) is 81.9 Å². The second-order valence-corrected chi connectivity index (χ2v) is 10.2. The van der Waals surface area contributed by atoms with E-state index in [1.165, 1.54) is 16.4 Å². The van der Waals surface area contributed by atoms with Gasteiger partial charge in [-0.05, 0) is 53.6 Å². The zero-order valence-electron chi connectivity index (χ0n) is 17.1. The second kappa shape index (κ2) is 6.88. The third-order valence-electron chi connectivity index (χ3n) is 6.58. The van der Waals surface area contributed by atoms with Crippen LogP contribution in [-0.2, 0) is 16.4 Å². The molecule has 0 atom stereocenters. The van der Waals surface area contributed by atoms with E-state index in [1.807, 2.05) is 12.1 Å². The Kier molecular flexibility index (Phi) is 4.18. The Bertz CT molecular complexity index is 1550. The highest BCUT2D eigenvalue weighted by molar-refractivity contribution is 7.89. The number of sulfonamides is 1. The standard InChI is InChI=1S/C24H20FN3O3S/c25-16-4-6-17(7-5-16)27-10-12-28(13-11-27)32(30,31)21-9-8-20-23-19(21)14-15-2-1-3-18(22(15)23)24(29)26-20/h1-9H,10-14H2,(H,26,29). The molecule has 6 nitrogen and oxygen atoms in total. The third-order valence-corrected chi connectivity index (χ3v) is 8.56. The average Bonchev–Trinajstić information content (AvgIpc) is 3.19. The first-order chi connectivity index (χ1) is 15.4. The van der Waals surface area contributed by atoms with Crippen molar-refractivity contribution < 1.29 is 12.8 Å². The predicted octanol–water partition coefficient (Wildman–Crippen LogP) is 3.24. The summed E-state index contributed by atoms with van der Waals surface area (Å²) in [7, 11) is -3.70. The summed E-state index contributed by atoms with van der Waals surface area (Å²) < 4.78 is 42.0. The Balaban J connectivity index is 1.36. The van der Waals surface area contributed by atoms with E-state index in [4.69, 9.17) is 0 Å². The molecule has 1 saturated heterocycles. The van der Waals surface area contributed by atoms with Gasteiger partial charge in [0, 0.05) is 60.0 Å². The number of halogens is 1. The Hall–Kier alpha value is -3.23. The Morgan fingerprint density at radius 3 is 2.38 bits per heavy atom. The molecule has 2 heterocycles. The van der Waals surface area contributed by atoms with Crippen molar-refractivity contribution in [1.29, 1.82) is 0 Å². The van der Waals surface area contributed by atoms with Crippen molar-refractivity contribution in [2.45, 2.75) is 11.3 Å². The minimum Gasteiger partial charge on any atom is -0.369 e. The normalized spacial score (nSPS) is 16.5. The zero-order chi connectivity index (χ0) is 22.0. The van der Waals surface area contributed by atoms with Gasteiger partial charge < -0.3 is 9.88 Å². The topological polar surface area (TPSA) is 73.5 Å². The van der Waals surface area contributed by atoms with E-state index >= 15 is 0 Å². The van der Waals surface area contributed by atoms with Crippen molar-refractivity contribution >= 4 is 37.4 Å². The van der Waals surface area contributed by atoms with E-state index < -0.39 is 10.0 Å². The lowest BCUT2D eigenvalue weighted by Crippen LogP contribution is -2.48. The Morgan fingerprint density at radius 2 is 1.62 bits per heavy atom. The molecule has 4 aromatic rings. The van der Waals surface area contributed by atoms with Crippen LogP contribution < -0.4 is 10.5 Å². The number of nitrogens with zero attached hydrogens (tertiary/aromatic N) is 2. The first-order valence-electron chi connectivity index (χ1n) is 10.5. The van der Waals surface area contributed by atoms with E-state index in [0.29, 0.717) is 48.4 Å². The molecule has 2 aliphatic rings. The van der Waals surface area contributed by atoms with Crippen molar-refractivity contribution in [1.82, 2.24) is 9.29 Å². The molecule has 0 amide bonds. The van der Waals surface area contributed by atoms with Crippen LogP contribution in [0.2, 0.25) is 0 Å². The number of H-pyrrole nitrogens is 1. The maximum absolute atomic E-state index is 13.6. The molecule has 0 bridgehead atoms. The highest BCUT2D eigenvalue weighted by Gasteiger charge is 2.33. The SMILES string of the molecule is O=c1[nH]c2ccc(S(=O)(=O)N3CCN(c4ccc(F)cc4)CC3)c3c2c2c(cccc12)C3. The summed E-state index contributed by atoms with van der Waals surface area (Å²) in [5.41, 5.74) is 3.13. The van der Waals surface area contributed by atoms with Gasteiger partial charge in [-0.1, -0.05) is 12.1 Å². The van der Waals surface area contributed by atoms with Crippen molar-refractivity contribution in [2.75, 3.05) is 31.1 Å². The van der Waals surface area contributed by atoms with Crippen LogP contribution in [0, 0.1) is 5.82 Å². The molecule has 0 saturated carbocycles. The summed E-state index contributed by atoms with van der Waals surface area (Å²) in [6, 6.07) is 15.2. The van der Waals surface area contributed by atoms with Crippen LogP contribution in [0.1, 0.15) is 11.1 Å². The fourth-order valence-electron chi connectivity index (χ4n) is 5.03. The Morgan fingerprint density at radius 1 is 0.875 bits per heavy atom. The number of nitrogens with one attached hydrogen (secondary N) is 1. The minimum absolute atomic E-state index is 0.158. The molecule has 1 aromatic heterocycles. The highest BCUT2D eigenvalue weighted by Crippen LogP contribution is 2.39. The van der Waals surface area contributed by atoms with E-state index in [0.717, 1.165) is 27.6 Å². The summed E-state index contributed by atoms with van der Waals surface area (Å²) in [6.45, 7) is 1.77. The molecule has 32 heavy (non-hydrogen) atoms. The van der Waals surface area contributed by atoms with Crippen molar-refractivity contribution in [2.24, 2.45) is 0 Å². The van der Waals surface area contributed by atoms with Crippen LogP contribution in [0.5, 0.6) is 0 Å². The van der Waals surface area contributed by atoms with Gasteiger partial charge in [0.2, 0.25) is 10.0 Å². The number of benzene rings is 3. The molecule has 8 heteroatoms. The maximum atomic E-state index is 13.6. The van der Waals surface area contributed by atoms with Gasteiger partial charge in [0.05, 0.1) is 4.90 Å². The summed E-state index contributed by atoms with van der Waals surface area (Å²) in [5, 5.41) is 2.29. The maximum Gasteiger partial charge on any atom is 0.256 e. The van der Waals surface area contributed by atoms with Crippen LogP contribution in [0.4, 0.5) is 10.1 Å². The molecular formula is C24H20FN3O3S. The molecular weight excluding hydrogens is 429 g/mol. The van der Waals surface area contributed by atoms with Crippen molar-refractivity contribution in [3.63, 3.8) is 0 Å². The average molecular weight is 450 g/mol. The number of aromatic amines is 1. The molecule has 1 N–H and O–H groups in total. The fraction of sp³-hybridized carbons (Fsp3) is 0.208. The van der Waals surface area contributed by atoms with Gasteiger partial charge >= 0.3 is 0 Å². The van der Waals surface area contributed by atoms with Crippen LogP contribution in [0.3, 0.4) is 0 Å². The van der Waals surface area contributed by atoms with Gasteiger partial charge in [-0.3, -0.25) is 4.79 Å². The van der Waals surface area contributed by atoms with E-state index in [-0.39, 0.29) is 11.4 Å². The smallest absolute Gasteiger partial charge is 0.256 e. The van der Waals surface area contributed by atoms with E-state index in [1.54, 1.807) is 30.3 Å². The van der Waals surface area contributed by atoms with Gasteiger partial charge in [0.1, 0.15) is 5.82 Å². The number of rotatable bonds is 3. The summed E-state index contributed by atoms with van der Waals surface area (Å²) in [5.74, 6) is -0.291. The van der Waals surface area contributed by atoms with E-state index in [9.17, 15) is 17.6 Å². The summed E-state index contributed by atoms with van der Waals surface area (Å²) >= 11 is 0. The molecule has 0 radical (unpaired) electrons. The second-order valence-electron chi connectivity index (χ2n) is 8.30. The number of piperazine rings is 1. The fourth-order valence-corrected chi connectivity index (χ4v) is 6.67. The van der Waals surface area contributed by atoms with Crippen LogP contribution in [0.25, 0.3) is 21.7 Å². The number of hydrogen-bond acceptors (Lipinski definition) is 4. The molecule has 0 spiro atoms. The lowest BCUT2D eigenvalue weighted by atomic mass is 10.1. The number of pyridine rings is 1. The van der Waals surface area contributed by atoms with Crippen LogP contribution >= 0.6 is 0 Å². The Labute approximate surface area is 183 Å². The lowest BCUT2D eigenvalue weighted by molar-refractivity contribution is 0.384. The first-order valence-corrected chi connectivity index (χ1v) is 12.0. The molecule has 162 valence electrons. The van der Waals surface area contributed by atoms with Crippen LogP contribution in [0.15, 0.2) is 64.3 Å². The zero-order valence-corrected chi connectivity index (χ0v) is 18.0. The number of anilines is 1. The van der Waals surface area contributed by atoms with Gasteiger partial charge in [-0.25, -0.2) is 12.8 Å². The number of aromatic nitrogens is 1. The van der Waals surface area contributed by atoms with Crippen molar-refractivity contribution in [3.8, 4) is 0 Å². The van der Waals surface area contributed by atoms with Gasteiger partial charge in [-0.2, -0.15) is 4.31 Å². The van der Waals surface area contributed by atoms with Gasteiger partial charge in [0.15, 0.2) is 0 Å². The number of hydrogen-bond donors (Lipinski definition) is 1. The highest BCUT2D eigenvalue weighted by atomic mass is 32.2. The molecule has 3 aromatic carbocycles. The predicted molar refractivity (Wildman–Crippen MR) is 122 cm³/mol. The van der Waals surface area contributed by atoms with Gasteiger partial charge in [0.25, 0.3) is 5.56 Å². The molecule has 1 fully saturated rings. The summed E-state index contributed by atoms with van der Waals surface area (Å²) in [6.07, 6.45) is 0.491. The first kappa shape index (κ1) is 19.5. The quantitative estimate of drug-likeness (QED) is 0.429. The summed E-state index contributed by atoms with van der Waals surface area (Å²) in [4.78, 5) is 17.7. The lowest BCUT2D eigenvalue weighted by Gasteiger charge is -2.35. The molecule has 0 unspecified atom stereocenters. The minimum atomic E-state index is -3.70. The van der Waals surface area contributed by atoms with Crippen LogP contribution in [-0.4, -0.2) is 43.9 Å². The molecule has 6 rings (SSSR count). The molecule has 1 aliphatic heterocycles. The van der Waals surface area contributed by atoms with E-state index in [2.05, 4.69) is 9.88 Å². The van der Waals surface area contributed by atoms with Gasteiger partial charge in [-0.15, -0.1) is 0 Å². The monoisotopic (exact) mass is 449 g/mol. The molecule has 1 aliphatic carbocycles. The largest absolute Gasteiger partial charge is 0.369 e. The third kappa shape index (κ3) is 2.79.